The molecule has 1 aliphatic heterocycles. The van der Waals surface area contributed by atoms with Crippen molar-refractivity contribution in [2.75, 3.05) is 11.9 Å². The van der Waals surface area contributed by atoms with E-state index in [2.05, 4.69) is 21.2 Å². The topological polar surface area (TPSA) is 49.4 Å². The van der Waals surface area contributed by atoms with Crippen molar-refractivity contribution in [3.8, 4) is 0 Å². The minimum absolute atomic E-state index is 0.0447. The number of likely N-dealkylation sites (tertiary alicyclic amines) is 1. The SMILES string of the molecule is O=C(Nc1ccc(Br)cc1F)[C@H]1CC(=O)N(C2CCCC2)C1. The highest BCUT2D eigenvalue weighted by Crippen LogP contribution is 2.30. The lowest BCUT2D eigenvalue weighted by molar-refractivity contribution is -0.129. The molecular formula is C16H18BrFN2O2. The van der Waals surface area contributed by atoms with Gasteiger partial charge < -0.3 is 10.2 Å². The number of anilines is 1. The summed E-state index contributed by atoms with van der Waals surface area (Å²) in [6.45, 7) is 0.452. The molecule has 1 saturated heterocycles. The summed E-state index contributed by atoms with van der Waals surface area (Å²) >= 11 is 3.18. The van der Waals surface area contributed by atoms with Crippen molar-refractivity contribution >= 4 is 33.4 Å². The van der Waals surface area contributed by atoms with Crippen LogP contribution in [0.15, 0.2) is 22.7 Å². The van der Waals surface area contributed by atoms with Crippen LogP contribution in [0.1, 0.15) is 32.1 Å². The molecule has 6 heteroatoms. The molecule has 118 valence electrons. The first-order valence-corrected chi connectivity index (χ1v) is 8.39. The first kappa shape index (κ1) is 15.5. The summed E-state index contributed by atoms with van der Waals surface area (Å²) in [6, 6.07) is 4.78. The van der Waals surface area contributed by atoms with Crippen LogP contribution >= 0.6 is 15.9 Å². The predicted octanol–water partition coefficient (Wildman–Crippen LogP) is 3.32. The zero-order valence-corrected chi connectivity index (χ0v) is 13.7. The highest BCUT2D eigenvalue weighted by atomic mass is 79.9. The van der Waals surface area contributed by atoms with Crippen LogP contribution in [-0.4, -0.2) is 29.3 Å². The van der Waals surface area contributed by atoms with Crippen LogP contribution in [0.25, 0.3) is 0 Å². The molecule has 1 aromatic rings. The maximum Gasteiger partial charge on any atom is 0.229 e. The van der Waals surface area contributed by atoms with Gasteiger partial charge in [0.15, 0.2) is 0 Å². The number of nitrogens with zero attached hydrogens (tertiary/aromatic N) is 1. The van der Waals surface area contributed by atoms with Crippen molar-refractivity contribution in [2.24, 2.45) is 5.92 Å². The normalized spacial score (nSPS) is 22.4. The average molecular weight is 369 g/mol. The third-order valence-electron chi connectivity index (χ3n) is 4.48. The van der Waals surface area contributed by atoms with E-state index < -0.39 is 11.7 Å². The van der Waals surface area contributed by atoms with Crippen LogP contribution in [0.2, 0.25) is 0 Å². The molecule has 0 aromatic heterocycles. The van der Waals surface area contributed by atoms with E-state index >= 15 is 0 Å². The maximum atomic E-state index is 13.8. The van der Waals surface area contributed by atoms with E-state index in [0.29, 0.717) is 11.0 Å². The van der Waals surface area contributed by atoms with Gasteiger partial charge in [-0.1, -0.05) is 28.8 Å². The van der Waals surface area contributed by atoms with E-state index in [1.165, 1.54) is 12.1 Å². The third kappa shape index (κ3) is 3.16. The van der Waals surface area contributed by atoms with Crippen molar-refractivity contribution in [2.45, 2.75) is 38.1 Å². The summed E-state index contributed by atoms with van der Waals surface area (Å²) in [7, 11) is 0. The Morgan fingerprint density at radius 2 is 2.05 bits per heavy atom. The average Bonchev–Trinajstić information content (AvgIpc) is 3.10. The molecule has 4 nitrogen and oxygen atoms in total. The quantitative estimate of drug-likeness (QED) is 0.889. The molecule has 2 amide bonds. The van der Waals surface area contributed by atoms with Crippen LogP contribution in [-0.2, 0) is 9.59 Å². The van der Waals surface area contributed by atoms with Crippen LogP contribution in [0.3, 0.4) is 0 Å². The monoisotopic (exact) mass is 368 g/mol. The van der Waals surface area contributed by atoms with Crippen molar-refractivity contribution < 1.29 is 14.0 Å². The van der Waals surface area contributed by atoms with Gasteiger partial charge in [-0.2, -0.15) is 0 Å². The molecule has 0 unspecified atom stereocenters. The Morgan fingerprint density at radius 1 is 1.32 bits per heavy atom. The summed E-state index contributed by atoms with van der Waals surface area (Å²) in [5.41, 5.74) is 0.153. The van der Waals surface area contributed by atoms with Gasteiger partial charge in [-0.05, 0) is 31.0 Å². The number of hydrogen-bond acceptors (Lipinski definition) is 2. The van der Waals surface area contributed by atoms with E-state index in [1.807, 2.05) is 4.90 Å². The largest absolute Gasteiger partial charge is 0.339 e. The molecule has 22 heavy (non-hydrogen) atoms. The van der Waals surface area contributed by atoms with E-state index in [1.54, 1.807) is 6.07 Å². The van der Waals surface area contributed by atoms with Gasteiger partial charge in [0.1, 0.15) is 5.82 Å². The van der Waals surface area contributed by atoms with Crippen molar-refractivity contribution in [1.82, 2.24) is 4.90 Å². The second-order valence-corrected chi connectivity index (χ2v) is 6.91. The first-order valence-electron chi connectivity index (χ1n) is 7.60. The fraction of sp³-hybridized carbons (Fsp3) is 0.500. The summed E-state index contributed by atoms with van der Waals surface area (Å²) in [6.07, 6.45) is 4.58. The standard InChI is InChI=1S/C16H18BrFN2O2/c17-11-5-6-14(13(18)8-11)19-16(22)10-7-15(21)20(9-10)12-3-1-2-4-12/h5-6,8,10,12H,1-4,7,9H2,(H,19,22)/t10-/m0/s1. The molecule has 2 aliphatic rings. The van der Waals surface area contributed by atoms with Crippen LogP contribution in [0.4, 0.5) is 10.1 Å². The first-order chi connectivity index (χ1) is 10.5. The van der Waals surface area contributed by atoms with Gasteiger partial charge in [0.2, 0.25) is 11.8 Å². The second kappa shape index (κ2) is 6.36. The highest BCUT2D eigenvalue weighted by Gasteiger charge is 2.38. The summed E-state index contributed by atoms with van der Waals surface area (Å²) < 4.78 is 14.4. The lowest BCUT2D eigenvalue weighted by Gasteiger charge is -2.23. The van der Waals surface area contributed by atoms with E-state index in [0.717, 1.165) is 25.7 Å². The van der Waals surface area contributed by atoms with Gasteiger partial charge >= 0.3 is 0 Å². The van der Waals surface area contributed by atoms with E-state index in [-0.39, 0.29) is 30.0 Å². The molecule has 1 aliphatic carbocycles. The molecule has 2 fully saturated rings. The maximum absolute atomic E-state index is 13.8. The Kier molecular flexibility index (Phi) is 4.47. The molecule has 3 rings (SSSR count). The Balaban J connectivity index is 1.64. The number of hydrogen-bond donors (Lipinski definition) is 1. The molecule has 1 saturated carbocycles. The van der Waals surface area contributed by atoms with Gasteiger partial charge in [0.25, 0.3) is 0 Å². The van der Waals surface area contributed by atoms with E-state index in [9.17, 15) is 14.0 Å². The fourth-order valence-electron chi connectivity index (χ4n) is 3.30. The Labute approximate surface area is 137 Å². The van der Waals surface area contributed by atoms with Gasteiger partial charge in [-0.15, -0.1) is 0 Å². The lowest BCUT2D eigenvalue weighted by atomic mass is 10.1. The fourth-order valence-corrected chi connectivity index (χ4v) is 3.63. The van der Waals surface area contributed by atoms with Gasteiger partial charge in [0, 0.05) is 23.5 Å². The summed E-state index contributed by atoms with van der Waals surface area (Å²) in [4.78, 5) is 26.2. The molecule has 1 heterocycles. The number of carbonyl (C=O) groups is 2. The van der Waals surface area contributed by atoms with Crippen LogP contribution in [0.5, 0.6) is 0 Å². The van der Waals surface area contributed by atoms with Crippen molar-refractivity contribution in [3.05, 3.63) is 28.5 Å². The van der Waals surface area contributed by atoms with Crippen molar-refractivity contribution in [3.63, 3.8) is 0 Å². The minimum atomic E-state index is -0.486. The number of amides is 2. The van der Waals surface area contributed by atoms with Crippen LogP contribution < -0.4 is 5.32 Å². The minimum Gasteiger partial charge on any atom is -0.339 e. The summed E-state index contributed by atoms with van der Waals surface area (Å²) in [5, 5.41) is 2.60. The van der Waals surface area contributed by atoms with Crippen molar-refractivity contribution in [1.29, 1.82) is 0 Å². The number of nitrogens with one attached hydrogen (secondary N) is 1. The lowest BCUT2D eigenvalue weighted by Crippen LogP contribution is -2.35. The third-order valence-corrected chi connectivity index (χ3v) is 4.98. The molecule has 1 atom stereocenters. The zero-order valence-electron chi connectivity index (χ0n) is 12.1. The molecule has 1 aromatic carbocycles. The molecular weight excluding hydrogens is 351 g/mol. The zero-order chi connectivity index (χ0) is 15.7. The molecule has 1 N–H and O–H groups in total. The highest BCUT2D eigenvalue weighted by molar-refractivity contribution is 9.10. The smallest absolute Gasteiger partial charge is 0.229 e. The predicted molar refractivity (Wildman–Crippen MR) is 84.8 cm³/mol. The Morgan fingerprint density at radius 3 is 2.73 bits per heavy atom. The Bertz CT molecular complexity index is 602. The van der Waals surface area contributed by atoms with Crippen LogP contribution in [0, 0.1) is 11.7 Å². The van der Waals surface area contributed by atoms with Gasteiger partial charge in [0.05, 0.1) is 11.6 Å². The molecule has 0 spiro atoms. The number of carbonyl (C=O) groups excluding carboxylic acids is 2. The molecule has 0 radical (unpaired) electrons. The van der Waals surface area contributed by atoms with E-state index in [4.69, 9.17) is 0 Å². The number of halogens is 2. The van der Waals surface area contributed by atoms with Gasteiger partial charge in [-0.3, -0.25) is 9.59 Å². The second-order valence-electron chi connectivity index (χ2n) is 6.00. The number of rotatable bonds is 3. The number of benzene rings is 1. The van der Waals surface area contributed by atoms with Gasteiger partial charge in [-0.25, -0.2) is 4.39 Å². The summed E-state index contributed by atoms with van der Waals surface area (Å²) in [5.74, 6) is -1.12. The Hall–Kier alpha value is -1.43. The molecule has 0 bridgehead atoms.